The van der Waals surface area contributed by atoms with Gasteiger partial charge in [0.1, 0.15) is 6.04 Å². The monoisotopic (exact) mass is 370 g/mol. The summed E-state index contributed by atoms with van der Waals surface area (Å²) in [7, 11) is 0. The lowest BCUT2D eigenvalue weighted by Crippen LogP contribution is -2.44. The van der Waals surface area contributed by atoms with Crippen molar-refractivity contribution < 1.29 is 9.59 Å². The number of rotatable bonds is 7. The molecule has 28 heavy (non-hydrogen) atoms. The predicted octanol–water partition coefficient (Wildman–Crippen LogP) is 4.04. The quantitative estimate of drug-likeness (QED) is 0.659. The molecule has 0 aromatic heterocycles. The molecule has 0 heterocycles. The second-order valence-corrected chi connectivity index (χ2v) is 6.42. The molecule has 3 N–H and O–H groups in total. The highest BCUT2D eigenvalue weighted by Crippen LogP contribution is 2.19. The molecule has 3 aromatic carbocycles. The third kappa shape index (κ3) is 5.17. The van der Waals surface area contributed by atoms with Crippen LogP contribution in [0.25, 0.3) is 17.2 Å². The second-order valence-electron chi connectivity index (χ2n) is 6.42. The number of carbonyl (C=O) groups excluding carboxylic acids is 2. The maximum Gasteiger partial charge on any atom is 0.251 e. The maximum absolute atomic E-state index is 12.5. The number of amides is 2. The van der Waals surface area contributed by atoms with Gasteiger partial charge in [0.25, 0.3) is 5.91 Å². The summed E-state index contributed by atoms with van der Waals surface area (Å²) in [5.41, 5.74) is 9.06. The van der Waals surface area contributed by atoms with Crippen molar-refractivity contribution in [2.24, 2.45) is 5.73 Å². The summed E-state index contributed by atoms with van der Waals surface area (Å²) in [5.74, 6) is -0.886. The third-order valence-electron chi connectivity index (χ3n) is 4.38. The number of primary amides is 1. The summed E-state index contributed by atoms with van der Waals surface area (Å²) >= 11 is 0. The Balaban J connectivity index is 1.64. The van der Waals surface area contributed by atoms with Crippen LogP contribution in [0.15, 0.2) is 91.0 Å². The molecule has 3 rings (SSSR count). The van der Waals surface area contributed by atoms with Crippen molar-refractivity contribution in [1.29, 1.82) is 0 Å². The van der Waals surface area contributed by atoms with Gasteiger partial charge in [0.05, 0.1) is 0 Å². The zero-order valence-corrected chi connectivity index (χ0v) is 15.4. The second kappa shape index (κ2) is 9.33. The molecule has 0 radical (unpaired) electrons. The fraction of sp³-hybridized carbons (Fsp3) is 0.0833. The smallest absolute Gasteiger partial charge is 0.251 e. The van der Waals surface area contributed by atoms with Gasteiger partial charge in [0.2, 0.25) is 5.91 Å². The van der Waals surface area contributed by atoms with Crippen molar-refractivity contribution in [3.63, 3.8) is 0 Å². The van der Waals surface area contributed by atoms with Gasteiger partial charge >= 0.3 is 0 Å². The van der Waals surface area contributed by atoms with E-state index in [4.69, 9.17) is 5.73 Å². The van der Waals surface area contributed by atoms with Crippen molar-refractivity contribution in [1.82, 2.24) is 5.32 Å². The Labute approximate surface area is 164 Å². The molecule has 0 spiro atoms. The van der Waals surface area contributed by atoms with Gasteiger partial charge in [-0.1, -0.05) is 84.9 Å². The zero-order valence-electron chi connectivity index (χ0n) is 15.4. The van der Waals surface area contributed by atoms with Gasteiger partial charge in [-0.3, -0.25) is 9.59 Å². The molecule has 140 valence electrons. The van der Waals surface area contributed by atoms with Gasteiger partial charge < -0.3 is 11.1 Å². The van der Waals surface area contributed by atoms with Crippen molar-refractivity contribution in [2.75, 3.05) is 0 Å². The summed E-state index contributed by atoms with van der Waals surface area (Å²) in [5, 5.41) is 2.71. The molecule has 1 atom stereocenters. The van der Waals surface area contributed by atoms with E-state index in [9.17, 15) is 9.59 Å². The molecule has 0 bridgehead atoms. The molecule has 0 saturated carbocycles. The van der Waals surface area contributed by atoms with E-state index in [2.05, 4.69) is 5.32 Å². The Morgan fingerprint density at radius 1 is 0.821 bits per heavy atom. The van der Waals surface area contributed by atoms with Gasteiger partial charge in [0.15, 0.2) is 0 Å². The summed E-state index contributed by atoms with van der Waals surface area (Å²) in [6.07, 6.45) is 4.07. The summed E-state index contributed by atoms with van der Waals surface area (Å²) < 4.78 is 0. The van der Waals surface area contributed by atoms with Crippen LogP contribution in [0.1, 0.15) is 22.3 Å². The number of carbonyl (C=O) groups is 2. The summed E-state index contributed by atoms with van der Waals surface area (Å²) in [6, 6.07) is 26.2. The first-order chi connectivity index (χ1) is 13.6. The highest BCUT2D eigenvalue weighted by atomic mass is 16.2. The number of hydrogen-bond acceptors (Lipinski definition) is 2. The first-order valence-electron chi connectivity index (χ1n) is 9.11. The molecule has 0 unspecified atom stereocenters. The predicted molar refractivity (Wildman–Crippen MR) is 112 cm³/mol. The van der Waals surface area contributed by atoms with E-state index in [1.807, 2.05) is 84.9 Å². The van der Waals surface area contributed by atoms with Crippen molar-refractivity contribution in [2.45, 2.75) is 12.5 Å². The third-order valence-corrected chi connectivity index (χ3v) is 4.38. The Hall–Kier alpha value is -3.66. The average Bonchev–Trinajstić information content (AvgIpc) is 2.74. The van der Waals surface area contributed by atoms with E-state index in [0.717, 1.165) is 16.7 Å². The van der Waals surface area contributed by atoms with E-state index < -0.39 is 11.9 Å². The standard InChI is InChI=1S/C24H22N2O2/c25-23(27)22(13-7-10-18-8-3-1-4-9-18)26-24(28)21-16-14-20(15-17-21)19-11-5-2-6-12-19/h1-12,14-17,22H,13H2,(H2,25,27)(H,26,28)/b10-7+/t22-/m0/s1. The molecule has 0 saturated heterocycles. The van der Waals surface area contributed by atoms with Crippen LogP contribution >= 0.6 is 0 Å². The highest BCUT2D eigenvalue weighted by Gasteiger charge is 2.17. The Morgan fingerprint density at radius 3 is 2.00 bits per heavy atom. The average molecular weight is 370 g/mol. The van der Waals surface area contributed by atoms with E-state index >= 15 is 0 Å². The van der Waals surface area contributed by atoms with Crippen LogP contribution in [0.5, 0.6) is 0 Å². The van der Waals surface area contributed by atoms with Crippen LogP contribution in [0, 0.1) is 0 Å². The van der Waals surface area contributed by atoms with Crippen molar-refractivity contribution in [3.05, 3.63) is 102 Å². The molecule has 0 aliphatic rings. The normalized spacial score (nSPS) is 11.9. The van der Waals surface area contributed by atoms with Gasteiger partial charge in [0, 0.05) is 5.56 Å². The van der Waals surface area contributed by atoms with Gasteiger partial charge in [-0.05, 0) is 35.2 Å². The van der Waals surface area contributed by atoms with Crippen molar-refractivity contribution >= 4 is 17.9 Å². The molecule has 0 fully saturated rings. The molecule has 3 aromatic rings. The number of hydrogen-bond donors (Lipinski definition) is 2. The summed E-state index contributed by atoms with van der Waals surface area (Å²) in [6.45, 7) is 0. The van der Waals surface area contributed by atoms with Crippen LogP contribution in [0.2, 0.25) is 0 Å². The van der Waals surface area contributed by atoms with Crippen LogP contribution in [-0.4, -0.2) is 17.9 Å². The van der Waals surface area contributed by atoms with Gasteiger partial charge in [-0.2, -0.15) is 0 Å². The lowest BCUT2D eigenvalue weighted by atomic mass is 10.0. The van der Waals surface area contributed by atoms with E-state index in [-0.39, 0.29) is 5.91 Å². The zero-order chi connectivity index (χ0) is 19.8. The Kier molecular flexibility index (Phi) is 6.37. The molecular formula is C24H22N2O2. The minimum Gasteiger partial charge on any atom is -0.368 e. The minimum absolute atomic E-state index is 0.323. The molecular weight excluding hydrogens is 348 g/mol. The Bertz CT molecular complexity index is 949. The van der Waals surface area contributed by atoms with Crippen LogP contribution < -0.4 is 11.1 Å². The number of benzene rings is 3. The molecule has 0 aliphatic heterocycles. The molecule has 0 aliphatic carbocycles. The van der Waals surface area contributed by atoms with E-state index in [1.165, 1.54) is 0 Å². The van der Waals surface area contributed by atoms with Gasteiger partial charge in [-0.15, -0.1) is 0 Å². The van der Waals surface area contributed by atoms with Crippen molar-refractivity contribution in [3.8, 4) is 11.1 Å². The highest BCUT2D eigenvalue weighted by molar-refractivity contribution is 5.97. The van der Waals surface area contributed by atoms with E-state index in [0.29, 0.717) is 12.0 Å². The van der Waals surface area contributed by atoms with E-state index in [1.54, 1.807) is 12.1 Å². The van der Waals surface area contributed by atoms with Gasteiger partial charge in [-0.25, -0.2) is 0 Å². The largest absolute Gasteiger partial charge is 0.368 e. The fourth-order valence-electron chi connectivity index (χ4n) is 2.84. The van der Waals surface area contributed by atoms with Crippen LogP contribution in [-0.2, 0) is 4.79 Å². The maximum atomic E-state index is 12.5. The topological polar surface area (TPSA) is 72.2 Å². The number of nitrogens with two attached hydrogens (primary N) is 1. The number of nitrogens with one attached hydrogen (secondary N) is 1. The van der Waals surface area contributed by atoms with Crippen LogP contribution in [0.4, 0.5) is 0 Å². The first-order valence-corrected chi connectivity index (χ1v) is 9.11. The molecule has 4 heteroatoms. The molecule has 2 amide bonds. The lowest BCUT2D eigenvalue weighted by Gasteiger charge is -2.14. The Morgan fingerprint density at radius 2 is 1.39 bits per heavy atom. The summed E-state index contributed by atoms with van der Waals surface area (Å²) in [4.78, 5) is 24.2. The molecule has 4 nitrogen and oxygen atoms in total. The fourth-order valence-corrected chi connectivity index (χ4v) is 2.84. The minimum atomic E-state index is -0.763. The SMILES string of the molecule is NC(=O)[C@H](C/C=C/c1ccccc1)NC(=O)c1ccc(-c2ccccc2)cc1. The van der Waals surface area contributed by atoms with Crippen LogP contribution in [0.3, 0.4) is 0 Å². The first kappa shape index (κ1) is 19.1. The lowest BCUT2D eigenvalue weighted by molar-refractivity contribution is -0.119.